The molecule has 1 fully saturated rings. The van der Waals surface area contributed by atoms with E-state index in [9.17, 15) is 9.59 Å². The maximum Gasteiger partial charge on any atom is 0.263 e. The number of carbonyl (C=O) groups is 2. The Kier molecular flexibility index (Phi) is 5.47. The zero-order chi connectivity index (χ0) is 17.0. The van der Waals surface area contributed by atoms with E-state index in [1.807, 2.05) is 25.1 Å². The van der Waals surface area contributed by atoms with Crippen molar-refractivity contribution >= 4 is 11.8 Å². The number of amides is 2. The Hall–Kier alpha value is -2.24. The Balaban J connectivity index is 1.97. The molecular weight excluding hydrogens is 296 g/mol. The van der Waals surface area contributed by atoms with Gasteiger partial charge in [-0.25, -0.2) is 0 Å². The van der Waals surface area contributed by atoms with E-state index >= 15 is 0 Å². The van der Waals surface area contributed by atoms with Crippen molar-refractivity contribution in [1.29, 1.82) is 0 Å². The van der Waals surface area contributed by atoms with Crippen LogP contribution in [0.4, 0.5) is 0 Å². The second-order valence-corrected chi connectivity index (χ2v) is 5.75. The summed E-state index contributed by atoms with van der Waals surface area (Å²) in [6.45, 7) is 7.47. The second kappa shape index (κ2) is 7.35. The Labute approximate surface area is 137 Å². The molecule has 1 aliphatic rings. The molecule has 0 bridgehead atoms. The molecule has 1 aromatic rings. The first kappa shape index (κ1) is 17.1. The van der Waals surface area contributed by atoms with Crippen molar-refractivity contribution in [3.05, 3.63) is 23.8 Å². The van der Waals surface area contributed by atoms with Crippen molar-refractivity contribution in [2.75, 3.05) is 33.3 Å². The third-order valence-corrected chi connectivity index (χ3v) is 4.01. The molecule has 0 aromatic heterocycles. The zero-order valence-corrected chi connectivity index (χ0v) is 14.2. The highest BCUT2D eigenvalue weighted by atomic mass is 16.5. The monoisotopic (exact) mass is 320 g/mol. The van der Waals surface area contributed by atoms with Gasteiger partial charge in [0, 0.05) is 33.1 Å². The summed E-state index contributed by atoms with van der Waals surface area (Å²) < 4.78 is 11.1. The van der Waals surface area contributed by atoms with Gasteiger partial charge in [-0.3, -0.25) is 9.59 Å². The van der Waals surface area contributed by atoms with Crippen LogP contribution in [0.1, 0.15) is 19.4 Å². The highest BCUT2D eigenvalue weighted by Crippen LogP contribution is 2.29. The predicted octanol–water partition coefficient (Wildman–Crippen LogP) is 1.46. The molecule has 0 N–H and O–H groups in total. The molecule has 1 heterocycles. The lowest BCUT2D eigenvalue weighted by Crippen LogP contribution is -2.52. The largest absolute Gasteiger partial charge is 0.493 e. The highest BCUT2D eigenvalue weighted by Gasteiger charge is 2.27. The number of piperazine rings is 1. The van der Waals surface area contributed by atoms with Gasteiger partial charge in [-0.1, -0.05) is 6.07 Å². The van der Waals surface area contributed by atoms with Crippen molar-refractivity contribution in [3.8, 4) is 11.5 Å². The van der Waals surface area contributed by atoms with Crippen LogP contribution in [0.5, 0.6) is 11.5 Å². The molecule has 1 saturated heterocycles. The van der Waals surface area contributed by atoms with Gasteiger partial charge in [-0.2, -0.15) is 0 Å². The van der Waals surface area contributed by atoms with Crippen molar-refractivity contribution in [3.63, 3.8) is 0 Å². The van der Waals surface area contributed by atoms with Crippen molar-refractivity contribution < 1.29 is 19.1 Å². The maximum absolute atomic E-state index is 12.5. The van der Waals surface area contributed by atoms with Gasteiger partial charge in [0.2, 0.25) is 5.91 Å². The lowest BCUT2D eigenvalue weighted by Gasteiger charge is -2.35. The third-order valence-electron chi connectivity index (χ3n) is 4.01. The van der Waals surface area contributed by atoms with E-state index in [4.69, 9.17) is 9.47 Å². The molecule has 1 atom stereocenters. The van der Waals surface area contributed by atoms with Gasteiger partial charge in [0.25, 0.3) is 5.91 Å². The molecule has 0 aliphatic carbocycles. The van der Waals surface area contributed by atoms with Crippen LogP contribution in [0.15, 0.2) is 18.2 Å². The molecule has 1 aromatic carbocycles. The molecule has 6 heteroatoms. The second-order valence-electron chi connectivity index (χ2n) is 5.75. The highest BCUT2D eigenvalue weighted by molar-refractivity contribution is 5.81. The summed E-state index contributed by atoms with van der Waals surface area (Å²) in [6, 6.07) is 5.60. The van der Waals surface area contributed by atoms with E-state index < -0.39 is 6.10 Å². The number of hydrogen-bond acceptors (Lipinski definition) is 4. The normalized spacial score (nSPS) is 16.0. The Morgan fingerprint density at radius 3 is 2.26 bits per heavy atom. The van der Waals surface area contributed by atoms with Crippen molar-refractivity contribution in [2.45, 2.75) is 26.9 Å². The minimum Gasteiger partial charge on any atom is -0.493 e. The van der Waals surface area contributed by atoms with Gasteiger partial charge in [-0.15, -0.1) is 0 Å². The lowest BCUT2D eigenvalue weighted by atomic mass is 10.2. The van der Waals surface area contributed by atoms with E-state index in [-0.39, 0.29) is 11.8 Å². The van der Waals surface area contributed by atoms with Crippen LogP contribution in [0.3, 0.4) is 0 Å². The van der Waals surface area contributed by atoms with Crippen LogP contribution in [0.25, 0.3) is 0 Å². The number of aryl methyl sites for hydroxylation is 1. The lowest BCUT2D eigenvalue weighted by molar-refractivity contribution is -0.143. The van der Waals surface area contributed by atoms with Crippen LogP contribution in [0, 0.1) is 6.92 Å². The van der Waals surface area contributed by atoms with Crippen LogP contribution < -0.4 is 9.47 Å². The number of methoxy groups -OCH3 is 1. The molecule has 0 saturated carbocycles. The van der Waals surface area contributed by atoms with Crippen LogP contribution in [0.2, 0.25) is 0 Å². The topological polar surface area (TPSA) is 59.1 Å². The first-order valence-electron chi connectivity index (χ1n) is 7.78. The Bertz CT molecular complexity index is 580. The number of nitrogens with zero attached hydrogens (tertiary/aromatic N) is 2. The quantitative estimate of drug-likeness (QED) is 0.843. The fourth-order valence-electron chi connectivity index (χ4n) is 2.61. The SMILES string of the molecule is COc1cc(C)ccc1OC(C)C(=O)N1CCN(C(C)=O)CC1. The average Bonchev–Trinajstić information content (AvgIpc) is 2.55. The Morgan fingerprint density at radius 1 is 1.09 bits per heavy atom. The van der Waals surface area contributed by atoms with Gasteiger partial charge in [-0.05, 0) is 31.5 Å². The van der Waals surface area contributed by atoms with Crippen LogP contribution >= 0.6 is 0 Å². The maximum atomic E-state index is 12.5. The molecule has 0 radical (unpaired) electrons. The van der Waals surface area contributed by atoms with Crippen LogP contribution in [-0.2, 0) is 9.59 Å². The van der Waals surface area contributed by atoms with Crippen LogP contribution in [-0.4, -0.2) is 61.0 Å². The first-order chi connectivity index (χ1) is 10.9. The number of carbonyl (C=O) groups excluding carboxylic acids is 2. The summed E-state index contributed by atoms with van der Waals surface area (Å²) in [4.78, 5) is 27.3. The number of ether oxygens (including phenoxy) is 2. The van der Waals surface area contributed by atoms with E-state index in [0.717, 1.165) is 5.56 Å². The van der Waals surface area contributed by atoms with E-state index in [2.05, 4.69) is 0 Å². The standard InChI is InChI=1S/C17H24N2O4/c1-12-5-6-15(16(11-12)22-4)23-13(2)17(21)19-9-7-18(8-10-19)14(3)20/h5-6,11,13H,7-10H2,1-4H3. The number of benzene rings is 1. The summed E-state index contributed by atoms with van der Waals surface area (Å²) in [7, 11) is 1.58. The van der Waals surface area contributed by atoms with E-state index in [1.54, 1.807) is 30.8 Å². The Morgan fingerprint density at radius 2 is 1.70 bits per heavy atom. The first-order valence-corrected chi connectivity index (χ1v) is 7.78. The van der Waals surface area contributed by atoms with Gasteiger partial charge in [0.15, 0.2) is 17.6 Å². The molecule has 6 nitrogen and oxygen atoms in total. The van der Waals surface area contributed by atoms with Gasteiger partial charge >= 0.3 is 0 Å². The molecule has 2 amide bonds. The third kappa shape index (κ3) is 4.15. The predicted molar refractivity (Wildman–Crippen MR) is 86.7 cm³/mol. The minimum absolute atomic E-state index is 0.0470. The number of rotatable bonds is 4. The molecule has 2 rings (SSSR count). The summed E-state index contributed by atoms with van der Waals surface area (Å²) in [5.74, 6) is 1.15. The summed E-state index contributed by atoms with van der Waals surface area (Å²) in [6.07, 6.45) is -0.601. The van der Waals surface area contributed by atoms with Crippen molar-refractivity contribution in [2.24, 2.45) is 0 Å². The van der Waals surface area contributed by atoms with E-state index in [1.165, 1.54) is 0 Å². The van der Waals surface area contributed by atoms with Crippen molar-refractivity contribution in [1.82, 2.24) is 9.80 Å². The summed E-state index contributed by atoms with van der Waals surface area (Å²) in [5.41, 5.74) is 1.06. The zero-order valence-electron chi connectivity index (χ0n) is 14.2. The summed E-state index contributed by atoms with van der Waals surface area (Å²) in [5, 5.41) is 0. The van der Waals surface area contributed by atoms with Gasteiger partial charge in [0.1, 0.15) is 0 Å². The molecule has 0 spiro atoms. The fraction of sp³-hybridized carbons (Fsp3) is 0.529. The average molecular weight is 320 g/mol. The molecular formula is C17H24N2O4. The van der Waals surface area contributed by atoms with Gasteiger partial charge in [0.05, 0.1) is 7.11 Å². The molecule has 1 aliphatic heterocycles. The van der Waals surface area contributed by atoms with Gasteiger partial charge < -0.3 is 19.3 Å². The smallest absolute Gasteiger partial charge is 0.263 e. The summed E-state index contributed by atoms with van der Waals surface area (Å²) >= 11 is 0. The number of hydrogen-bond donors (Lipinski definition) is 0. The fourth-order valence-corrected chi connectivity index (χ4v) is 2.61. The van der Waals surface area contributed by atoms with E-state index in [0.29, 0.717) is 37.7 Å². The molecule has 126 valence electrons. The molecule has 23 heavy (non-hydrogen) atoms. The minimum atomic E-state index is -0.601. The molecule has 1 unspecified atom stereocenters.